The molecular formula is C35H32N6O4. The molecule has 226 valence electrons. The Bertz CT molecular complexity index is 1890. The molecule has 4 aromatic carbocycles. The molecule has 0 bridgehead atoms. The van der Waals surface area contributed by atoms with Crippen LogP contribution in [0.4, 0.5) is 5.82 Å². The Morgan fingerprint density at radius 1 is 0.822 bits per heavy atom. The molecule has 0 unspecified atom stereocenters. The van der Waals surface area contributed by atoms with E-state index < -0.39 is 30.5 Å². The number of aliphatic hydroxyl groups excluding tert-OH is 2. The molecule has 1 fully saturated rings. The Morgan fingerprint density at radius 2 is 1.51 bits per heavy atom. The summed E-state index contributed by atoms with van der Waals surface area (Å²) in [5, 5.41) is 30.6. The van der Waals surface area contributed by atoms with Crippen LogP contribution in [0.2, 0.25) is 0 Å². The van der Waals surface area contributed by atoms with Crippen LogP contribution in [0.15, 0.2) is 116 Å². The van der Waals surface area contributed by atoms with Crippen molar-refractivity contribution in [2.45, 2.75) is 37.0 Å². The summed E-state index contributed by atoms with van der Waals surface area (Å²) >= 11 is 0. The van der Waals surface area contributed by atoms with Gasteiger partial charge in [0, 0.05) is 13.1 Å². The largest absolute Gasteiger partial charge is 0.387 e. The van der Waals surface area contributed by atoms with E-state index in [1.165, 1.54) is 12.7 Å². The fourth-order valence-electron chi connectivity index (χ4n) is 6.01. The number of aromatic nitrogens is 4. The van der Waals surface area contributed by atoms with E-state index in [4.69, 9.17) is 4.74 Å². The van der Waals surface area contributed by atoms with Crippen molar-refractivity contribution in [1.82, 2.24) is 24.8 Å². The summed E-state index contributed by atoms with van der Waals surface area (Å²) < 4.78 is 7.71. The predicted octanol–water partition coefficient (Wildman–Crippen LogP) is 4.16. The third kappa shape index (κ3) is 5.62. The number of nitrogens with zero attached hydrogens (tertiary/aromatic N) is 4. The van der Waals surface area contributed by atoms with Crippen molar-refractivity contribution in [3.63, 3.8) is 0 Å². The maximum atomic E-state index is 13.5. The lowest BCUT2D eigenvalue weighted by molar-refractivity contribution is -0.122. The number of hydrogen-bond acceptors (Lipinski definition) is 8. The summed E-state index contributed by atoms with van der Waals surface area (Å²) in [7, 11) is 0. The molecule has 7 rings (SSSR count). The van der Waals surface area contributed by atoms with Crippen LogP contribution in [0.1, 0.15) is 28.8 Å². The molecule has 10 nitrogen and oxygen atoms in total. The van der Waals surface area contributed by atoms with Gasteiger partial charge in [-0.1, -0.05) is 103 Å². The number of carbonyl (C=O) groups excluding carboxylic acids is 1. The van der Waals surface area contributed by atoms with Crippen LogP contribution in [0, 0.1) is 0 Å². The highest BCUT2D eigenvalue weighted by Gasteiger charge is 2.44. The van der Waals surface area contributed by atoms with Gasteiger partial charge >= 0.3 is 0 Å². The van der Waals surface area contributed by atoms with Crippen LogP contribution in [0.5, 0.6) is 0 Å². The molecule has 6 aromatic rings. The summed E-state index contributed by atoms with van der Waals surface area (Å²) in [6, 6.07) is 33.4. The van der Waals surface area contributed by atoms with Crippen LogP contribution >= 0.6 is 0 Å². The Hall–Kier alpha value is -5.16. The topological polar surface area (TPSA) is 134 Å². The highest BCUT2D eigenvalue weighted by Crippen LogP contribution is 2.33. The van der Waals surface area contributed by atoms with Gasteiger partial charge < -0.3 is 25.6 Å². The van der Waals surface area contributed by atoms with E-state index in [0.717, 1.165) is 27.5 Å². The lowest BCUT2D eigenvalue weighted by Gasteiger charge is -2.20. The second-order valence-corrected chi connectivity index (χ2v) is 11.1. The van der Waals surface area contributed by atoms with Gasteiger partial charge in [-0.3, -0.25) is 9.36 Å². The number of imidazole rings is 1. The van der Waals surface area contributed by atoms with Crippen LogP contribution in [-0.2, 0) is 16.1 Å². The molecule has 1 saturated heterocycles. The molecule has 1 amide bonds. The van der Waals surface area contributed by atoms with Gasteiger partial charge in [-0.2, -0.15) is 0 Å². The maximum Gasteiger partial charge on any atom is 0.232 e. The molecule has 45 heavy (non-hydrogen) atoms. The van der Waals surface area contributed by atoms with E-state index >= 15 is 0 Å². The fourth-order valence-corrected chi connectivity index (χ4v) is 6.01. The van der Waals surface area contributed by atoms with E-state index in [0.29, 0.717) is 23.5 Å². The molecule has 4 atom stereocenters. The number of carbonyl (C=O) groups is 1. The second kappa shape index (κ2) is 12.4. The van der Waals surface area contributed by atoms with Gasteiger partial charge in [0.25, 0.3) is 0 Å². The quantitative estimate of drug-likeness (QED) is 0.194. The molecule has 4 N–H and O–H groups in total. The van der Waals surface area contributed by atoms with Gasteiger partial charge in [-0.05, 0) is 27.5 Å². The molecule has 1 aliphatic rings. The van der Waals surface area contributed by atoms with Crippen LogP contribution in [-0.4, -0.2) is 60.5 Å². The van der Waals surface area contributed by atoms with Crippen LogP contribution in [0.25, 0.3) is 21.9 Å². The maximum absolute atomic E-state index is 13.5. The van der Waals surface area contributed by atoms with Crippen molar-refractivity contribution >= 4 is 33.7 Å². The molecule has 0 aliphatic carbocycles. The molecule has 0 saturated carbocycles. The number of fused-ring (bicyclic) bond motifs is 2. The predicted molar refractivity (Wildman–Crippen MR) is 170 cm³/mol. The summed E-state index contributed by atoms with van der Waals surface area (Å²) in [4.78, 5) is 26.8. The molecule has 2 aromatic heterocycles. The molecular weight excluding hydrogens is 568 g/mol. The van der Waals surface area contributed by atoms with Crippen molar-refractivity contribution < 1.29 is 19.7 Å². The molecule has 0 spiro atoms. The van der Waals surface area contributed by atoms with Gasteiger partial charge in [0.2, 0.25) is 5.91 Å². The Labute approximate surface area is 259 Å². The fraction of sp³-hybridized carbons (Fsp3) is 0.200. The van der Waals surface area contributed by atoms with E-state index in [9.17, 15) is 15.0 Å². The first-order valence-corrected chi connectivity index (χ1v) is 14.9. The number of anilines is 1. The van der Waals surface area contributed by atoms with Crippen molar-refractivity contribution in [2.75, 3.05) is 11.9 Å². The third-order valence-electron chi connectivity index (χ3n) is 8.30. The normalized spacial score (nSPS) is 19.7. The number of hydrogen-bond donors (Lipinski definition) is 4. The van der Waals surface area contributed by atoms with Crippen molar-refractivity contribution in [2.24, 2.45) is 0 Å². The first-order valence-electron chi connectivity index (χ1n) is 14.9. The van der Waals surface area contributed by atoms with Crippen LogP contribution < -0.4 is 10.6 Å². The highest BCUT2D eigenvalue weighted by atomic mass is 16.6. The average Bonchev–Trinajstić information content (AvgIpc) is 3.64. The van der Waals surface area contributed by atoms with E-state index in [1.54, 1.807) is 4.57 Å². The van der Waals surface area contributed by atoms with Gasteiger partial charge in [-0.15, -0.1) is 0 Å². The van der Waals surface area contributed by atoms with Crippen molar-refractivity contribution in [3.8, 4) is 0 Å². The lowest BCUT2D eigenvalue weighted by Crippen LogP contribution is -2.41. The minimum atomic E-state index is -1.27. The smallest absolute Gasteiger partial charge is 0.232 e. The van der Waals surface area contributed by atoms with E-state index in [2.05, 4.69) is 49.9 Å². The number of aliphatic hydroxyl groups is 2. The second-order valence-electron chi connectivity index (χ2n) is 11.1. The summed E-state index contributed by atoms with van der Waals surface area (Å²) in [6.45, 7) is 0.527. The highest BCUT2D eigenvalue weighted by molar-refractivity contribution is 5.88. The standard InChI is InChI=1S/C35H32N6O4/c42-30-27(19-37-34(44)28(23-11-3-1-4-12-23)24-13-5-2-6-14-24)45-35(31(30)43)41-21-40-29-32(38-20-39-33(29)41)36-18-25-16-9-15-22-10-7-8-17-26(22)25/h1-17,20-21,27-28,30-31,35,42-43H,18-19H2,(H,37,44)(H,36,38,39)/t27-,30-,31-,35-/m1/s1. The van der Waals surface area contributed by atoms with Crippen LogP contribution in [0.3, 0.4) is 0 Å². The van der Waals surface area contributed by atoms with Gasteiger partial charge in [0.1, 0.15) is 24.6 Å². The minimum Gasteiger partial charge on any atom is -0.387 e. The SMILES string of the molecule is O=C(NC[C@H]1O[C@@H](n2cnc3c(NCc4cccc5ccccc45)ncnc32)[C@H](O)[C@@H]1O)C(c1ccccc1)c1ccccc1. The van der Waals surface area contributed by atoms with E-state index in [1.807, 2.05) is 78.9 Å². The number of rotatable bonds is 9. The number of amides is 1. The summed E-state index contributed by atoms with van der Waals surface area (Å²) in [5.41, 5.74) is 3.76. The zero-order valence-corrected chi connectivity index (χ0v) is 24.3. The van der Waals surface area contributed by atoms with Gasteiger partial charge in [0.05, 0.1) is 12.2 Å². The Kier molecular flexibility index (Phi) is 7.91. The number of nitrogens with one attached hydrogen (secondary N) is 2. The first-order chi connectivity index (χ1) is 22.1. The number of ether oxygens (including phenoxy) is 1. The van der Waals surface area contributed by atoms with E-state index in [-0.39, 0.29) is 12.5 Å². The average molecular weight is 601 g/mol. The zero-order valence-electron chi connectivity index (χ0n) is 24.3. The molecule has 1 aliphatic heterocycles. The minimum absolute atomic E-state index is 0.00315. The van der Waals surface area contributed by atoms with Gasteiger partial charge in [0.15, 0.2) is 23.2 Å². The zero-order chi connectivity index (χ0) is 30.8. The molecule has 0 radical (unpaired) electrons. The third-order valence-corrected chi connectivity index (χ3v) is 8.30. The molecule has 10 heteroatoms. The summed E-state index contributed by atoms with van der Waals surface area (Å²) in [6.07, 6.45) is -1.40. The summed E-state index contributed by atoms with van der Waals surface area (Å²) in [5.74, 6) is -0.235. The Morgan fingerprint density at radius 3 is 2.27 bits per heavy atom. The number of benzene rings is 4. The first kappa shape index (κ1) is 28.6. The molecule has 3 heterocycles. The Balaban J connectivity index is 1.07. The van der Waals surface area contributed by atoms with Crippen molar-refractivity contribution in [3.05, 3.63) is 132 Å². The monoisotopic (exact) mass is 600 g/mol. The van der Waals surface area contributed by atoms with Crippen molar-refractivity contribution in [1.29, 1.82) is 0 Å². The van der Waals surface area contributed by atoms with Gasteiger partial charge in [-0.25, -0.2) is 15.0 Å². The lowest BCUT2D eigenvalue weighted by atomic mass is 9.90.